The Morgan fingerprint density at radius 1 is 1.04 bits per heavy atom. The number of halogens is 1. The normalized spacial score (nSPS) is 17.4. The van der Waals surface area contributed by atoms with Crippen LogP contribution in [0.2, 0.25) is 5.02 Å². The predicted molar refractivity (Wildman–Crippen MR) is 111 cm³/mol. The second-order valence-electron chi connectivity index (χ2n) is 7.71. The molecule has 1 aliphatic carbocycles. The van der Waals surface area contributed by atoms with E-state index in [1.165, 1.54) is 29.5 Å². The summed E-state index contributed by atoms with van der Waals surface area (Å²) in [5.41, 5.74) is 6.22. The van der Waals surface area contributed by atoms with Gasteiger partial charge in [-0.25, -0.2) is 0 Å². The van der Waals surface area contributed by atoms with E-state index in [4.69, 9.17) is 11.6 Å². The van der Waals surface area contributed by atoms with Crippen molar-refractivity contribution >= 4 is 17.5 Å². The van der Waals surface area contributed by atoms with Crippen LogP contribution in [-0.2, 0) is 24.2 Å². The Hall–Kier alpha value is -1.84. The monoisotopic (exact) mass is 382 g/mol. The van der Waals surface area contributed by atoms with E-state index in [2.05, 4.69) is 41.0 Å². The maximum absolute atomic E-state index is 12.2. The zero-order valence-corrected chi connectivity index (χ0v) is 16.4. The zero-order chi connectivity index (χ0) is 18.6. The molecule has 1 saturated carbocycles. The average molecular weight is 383 g/mol. The second kappa shape index (κ2) is 8.45. The number of fused-ring (bicyclic) bond motifs is 1. The van der Waals surface area contributed by atoms with E-state index in [-0.39, 0.29) is 11.8 Å². The van der Waals surface area contributed by atoms with Gasteiger partial charge in [0.25, 0.3) is 0 Å². The van der Waals surface area contributed by atoms with Gasteiger partial charge in [0, 0.05) is 23.0 Å². The van der Waals surface area contributed by atoms with Crippen molar-refractivity contribution in [2.75, 3.05) is 13.1 Å². The van der Waals surface area contributed by atoms with E-state index in [9.17, 15) is 4.79 Å². The SMILES string of the molecule is O=C(NCc1ccc(-c2c(Cl)ccc3c2CCNCC3)cc1)C1CCCC1. The number of hydrogen-bond donors (Lipinski definition) is 2. The molecule has 0 saturated heterocycles. The Labute approximate surface area is 166 Å². The van der Waals surface area contributed by atoms with Crippen LogP contribution < -0.4 is 10.6 Å². The minimum absolute atomic E-state index is 0.209. The van der Waals surface area contributed by atoms with Gasteiger partial charge in [0.1, 0.15) is 0 Å². The van der Waals surface area contributed by atoms with Crippen molar-refractivity contribution in [1.82, 2.24) is 10.6 Å². The first-order valence-electron chi connectivity index (χ1n) is 10.1. The van der Waals surface area contributed by atoms with Crippen LogP contribution in [0.25, 0.3) is 11.1 Å². The van der Waals surface area contributed by atoms with Crippen molar-refractivity contribution in [3.63, 3.8) is 0 Å². The molecule has 3 nitrogen and oxygen atoms in total. The first kappa shape index (κ1) is 18.5. The molecule has 1 fully saturated rings. The Balaban J connectivity index is 1.50. The van der Waals surface area contributed by atoms with Gasteiger partial charge < -0.3 is 10.6 Å². The van der Waals surface area contributed by atoms with Gasteiger partial charge in [0.05, 0.1) is 0 Å². The van der Waals surface area contributed by atoms with Crippen molar-refractivity contribution in [1.29, 1.82) is 0 Å². The maximum Gasteiger partial charge on any atom is 0.223 e. The molecule has 0 spiro atoms. The van der Waals surface area contributed by atoms with Gasteiger partial charge in [-0.05, 0) is 67.1 Å². The van der Waals surface area contributed by atoms with Gasteiger partial charge in [-0.3, -0.25) is 4.79 Å². The largest absolute Gasteiger partial charge is 0.352 e. The van der Waals surface area contributed by atoms with E-state index in [1.54, 1.807) is 0 Å². The topological polar surface area (TPSA) is 41.1 Å². The summed E-state index contributed by atoms with van der Waals surface area (Å²) in [5.74, 6) is 0.428. The predicted octanol–water partition coefficient (Wildman–Crippen LogP) is 4.50. The number of carbonyl (C=O) groups excluding carboxylic acids is 1. The maximum atomic E-state index is 12.2. The van der Waals surface area contributed by atoms with Gasteiger partial charge in [-0.15, -0.1) is 0 Å². The highest BCUT2D eigenvalue weighted by molar-refractivity contribution is 6.33. The van der Waals surface area contributed by atoms with Crippen LogP contribution in [0.1, 0.15) is 42.4 Å². The minimum Gasteiger partial charge on any atom is -0.352 e. The van der Waals surface area contributed by atoms with Gasteiger partial charge in [-0.1, -0.05) is 54.8 Å². The molecule has 2 aromatic carbocycles. The van der Waals surface area contributed by atoms with Gasteiger partial charge in [0.2, 0.25) is 5.91 Å². The zero-order valence-electron chi connectivity index (χ0n) is 15.7. The van der Waals surface area contributed by atoms with Crippen molar-refractivity contribution < 1.29 is 4.79 Å². The van der Waals surface area contributed by atoms with E-state index >= 15 is 0 Å². The van der Waals surface area contributed by atoms with Crippen LogP contribution in [0.3, 0.4) is 0 Å². The molecule has 0 atom stereocenters. The molecule has 0 radical (unpaired) electrons. The van der Waals surface area contributed by atoms with Gasteiger partial charge >= 0.3 is 0 Å². The average Bonchev–Trinajstić information content (AvgIpc) is 3.13. The molecule has 27 heavy (non-hydrogen) atoms. The van der Waals surface area contributed by atoms with Crippen LogP contribution >= 0.6 is 11.6 Å². The molecule has 1 heterocycles. The fraction of sp³-hybridized carbons (Fsp3) is 0.435. The summed E-state index contributed by atoms with van der Waals surface area (Å²) in [6, 6.07) is 12.7. The van der Waals surface area contributed by atoms with Crippen LogP contribution in [0.4, 0.5) is 0 Å². The number of nitrogens with one attached hydrogen (secondary N) is 2. The summed E-state index contributed by atoms with van der Waals surface area (Å²) in [6.45, 7) is 2.61. The lowest BCUT2D eigenvalue weighted by molar-refractivity contribution is -0.124. The fourth-order valence-electron chi connectivity index (χ4n) is 4.37. The summed E-state index contributed by atoms with van der Waals surface area (Å²) < 4.78 is 0. The third-order valence-electron chi connectivity index (χ3n) is 5.92. The smallest absolute Gasteiger partial charge is 0.223 e. The minimum atomic E-state index is 0.209. The van der Waals surface area contributed by atoms with Crippen LogP contribution in [-0.4, -0.2) is 19.0 Å². The van der Waals surface area contributed by atoms with Crippen molar-refractivity contribution in [2.24, 2.45) is 5.92 Å². The lowest BCUT2D eigenvalue weighted by atomic mass is 9.92. The summed E-state index contributed by atoms with van der Waals surface area (Å²) in [6.07, 6.45) is 6.50. The molecular weight excluding hydrogens is 356 g/mol. The highest BCUT2D eigenvalue weighted by atomic mass is 35.5. The van der Waals surface area contributed by atoms with E-state index in [0.29, 0.717) is 6.54 Å². The molecule has 1 amide bonds. The lowest BCUT2D eigenvalue weighted by Crippen LogP contribution is -2.28. The molecule has 1 aliphatic heterocycles. The van der Waals surface area contributed by atoms with Crippen molar-refractivity contribution in [2.45, 2.75) is 45.1 Å². The molecule has 2 aromatic rings. The summed E-state index contributed by atoms with van der Waals surface area (Å²) in [5, 5.41) is 7.38. The number of carbonyl (C=O) groups is 1. The highest BCUT2D eigenvalue weighted by Gasteiger charge is 2.22. The second-order valence-corrected chi connectivity index (χ2v) is 8.11. The number of hydrogen-bond acceptors (Lipinski definition) is 2. The molecule has 2 aliphatic rings. The Kier molecular flexibility index (Phi) is 5.80. The van der Waals surface area contributed by atoms with Crippen LogP contribution in [0.5, 0.6) is 0 Å². The number of amides is 1. The first-order chi connectivity index (χ1) is 13.2. The van der Waals surface area contributed by atoms with E-state index in [0.717, 1.165) is 54.9 Å². The molecule has 4 heteroatoms. The van der Waals surface area contributed by atoms with E-state index in [1.807, 2.05) is 6.07 Å². The quantitative estimate of drug-likeness (QED) is 0.817. The summed E-state index contributed by atoms with van der Waals surface area (Å²) >= 11 is 6.59. The Morgan fingerprint density at radius 2 is 1.78 bits per heavy atom. The molecule has 0 bridgehead atoms. The first-order valence-corrected chi connectivity index (χ1v) is 10.5. The lowest BCUT2D eigenvalue weighted by Gasteiger charge is -2.15. The summed E-state index contributed by atoms with van der Waals surface area (Å²) in [4.78, 5) is 12.2. The number of benzene rings is 2. The molecular formula is C23H27ClN2O. The molecule has 0 unspecified atom stereocenters. The summed E-state index contributed by atoms with van der Waals surface area (Å²) in [7, 11) is 0. The molecule has 4 rings (SSSR count). The highest BCUT2D eigenvalue weighted by Crippen LogP contribution is 2.35. The molecule has 142 valence electrons. The fourth-order valence-corrected chi connectivity index (χ4v) is 4.65. The van der Waals surface area contributed by atoms with Gasteiger partial charge in [-0.2, -0.15) is 0 Å². The molecule has 0 aromatic heterocycles. The van der Waals surface area contributed by atoms with Crippen LogP contribution in [0.15, 0.2) is 36.4 Å². The van der Waals surface area contributed by atoms with E-state index < -0.39 is 0 Å². The van der Waals surface area contributed by atoms with Crippen LogP contribution in [0, 0.1) is 5.92 Å². The van der Waals surface area contributed by atoms with Crippen molar-refractivity contribution in [3.05, 3.63) is 58.1 Å². The Morgan fingerprint density at radius 3 is 2.56 bits per heavy atom. The van der Waals surface area contributed by atoms with Crippen molar-refractivity contribution in [3.8, 4) is 11.1 Å². The third kappa shape index (κ3) is 4.20. The molecule has 2 N–H and O–H groups in total. The standard InChI is InChI=1S/C23H27ClN2O/c24-21-10-9-17-11-13-25-14-12-20(17)22(21)18-7-5-16(6-8-18)15-26-23(27)19-3-1-2-4-19/h5-10,19,25H,1-4,11-15H2,(H,26,27). The Bertz CT molecular complexity index is 810. The number of rotatable bonds is 4. The third-order valence-corrected chi connectivity index (χ3v) is 6.23. The van der Waals surface area contributed by atoms with Gasteiger partial charge in [0.15, 0.2) is 0 Å².